The quantitative estimate of drug-likeness (QED) is 0.511. The number of anilines is 1. The molecular formula is C21H17NO6S2. The lowest BCUT2D eigenvalue weighted by Gasteiger charge is -2.17. The molecule has 1 heterocycles. The molecule has 0 aliphatic carbocycles. The number of carbonyl (C=O) groups excluding carboxylic acids is 1. The summed E-state index contributed by atoms with van der Waals surface area (Å²) in [5, 5.41) is 18.2. The molecule has 30 heavy (non-hydrogen) atoms. The van der Waals surface area contributed by atoms with Crippen molar-refractivity contribution in [2.75, 3.05) is 4.90 Å². The highest BCUT2D eigenvalue weighted by Gasteiger charge is 2.34. The van der Waals surface area contributed by atoms with Crippen LogP contribution in [0.15, 0.2) is 47.4 Å². The van der Waals surface area contributed by atoms with Crippen LogP contribution in [0.5, 0.6) is 5.75 Å². The molecule has 1 saturated heterocycles. The molecule has 1 amide bonds. The number of aryl methyl sites for hydroxylation is 1. The van der Waals surface area contributed by atoms with Crippen LogP contribution in [0.4, 0.5) is 5.69 Å². The Morgan fingerprint density at radius 2 is 1.93 bits per heavy atom. The molecule has 1 unspecified atom stereocenters. The van der Waals surface area contributed by atoms with Gasteiger partial charge >= 0.3 is 11.9 Å². The number of nitrogens with zero attached hydrogens (tertiary/aromatic N) is 1. The van der Waals surface area contributed by atoms with E-state index in [-0.39, 0.29) is 11.5 Å². The van der Waals surface area contributed by atoms with E-state index >= 15 is 0 Å². The van der Waals surface area contributed by atoms with Gasteiger partial charge in [0.2, 0.25) is 0 Å². The number of amides is 1. The highest BCUT2D eigenvalue weighted by atomic mass is 32.2. The number of thiocarbonyl (C=S) groups is 1. The highest BCUT2D eigenvalue weighted by Crippen LogP contribution is 2.38. The van der Waals surface area contributed by atoms with Crippen LogP contribution in [-0.2, 0) is 9.59 Å². The van der Waals surface area contributed by atoms with Crippen molar-refractivity contribution in [1.82, 2.24) is 0 Å². The van der Waals surface area contributed by atoms with E-state index in [4.69, 9.17) is 22.1 Å². The minimum Gasteiger partial charge on any atom is -0.479 e. The Bertz CT molecular complexity index is 1090. The summed E-state index contributed by atoms with van der Waals surface area (Å²) < 4.78 is 5.65. The first-order valence-electron chi connectivity index (χ1n) is 8.79. The lowest BCUT2D eigenvalue weighted by atomic mass is 10.1. The first-order valence-corrected chi connectivity index (χ1v) is 10.0. The minimum atomic E-state index is -1.09. The maximum Gasteiger partial charge on any atom is 0.344 e. The third-order valence-corrected chi connectivity index (χ3v) is 5.61. The lowest BCUT2D eigenvalue weighted by Crippen LogP contribution is -2.28. The third-order valence-electron chi connectivity index (χ3n) is 4.31. The summed E-state index contributed by atoms with van der Waals surface area (Å²) in [4.78, 5) is 36.9. The molecule has 0 radical (unpaired) electrons. The highest BCUT2D eigenvalue weighted by molar-refractivity contribution is 8.27. The number of carboxylic acids is 2. The molecule has 1 fully saturated rings. The SMILES string of the molecule is Cc1ccc(C(=O)O)cc1N1C(=O)/C(=C/c2cccc(OC(C)C(=O)O)c2)SC1=S. The molecule has 1 aliphatic heterocycles. The zero-order valence-corrected chi connectivity index (χ0v) is 17.6. The van der Waals surface area contributed by atoms with Crippen LogP contribution in [0.1, 0.15) is 28.4 Å². The predicted octanol–water partition coefficient (Wildman–Crippen LogP) is 3.95. The first-order chi connectivity index (χ1) is 14.2. The molecule has 0 aromatic heterocycles. The van der Waals surface area contributed by atoms with Gasteiger partial charge in [0.15, 0.2) is 10.4 Å². The number of hydrogen-bond acceptors (Lipinski definition) is 6. The normalized spacial score (nSPS) is 16.1. The Morgan fingerprint density at radius 1 is 1.20 bits per heavy atom. The van der Waals surface area contributed by atoms with E-state index in [0.29, 0.717) is 26.2 Å². The van der Waals surface area contributed by atoms with Gasteiger partial charge in [0, 0.05) is 0 Å². The second kappa shape index (κ2) is 8.68. The molecule has 1 aliphatic rings. The van der Waals surface area contributed by atoms with E-state index in [1.807, 2.05) is 0 Å². The molecule has 2 N–H and O–H groups in total. The molecule has 154 valence electrons. The van der Waals surface area contributed by atoms with Gasteiger partial charge in [-0.25, -0.2) is 9.59 Å². The Morgan fingerprint density at radius 3 is 2.60 bits per heavy atom. The number of aromatic carboxylic acids is 1. The number of benzene rings is 2. The zero-order valence-electron chi connectivity index (χ0n) is 16.0. The molecule has 2 aromatic carbocycles. The van der Waals surface area contributed by atoms with E-state index in [1.165, 1.54) is 24.0 Å². The van der Waals surface area contributed by atoms with Crippen LogP contribution < -0.4 is 9.64 Å². The van der Waals surface area contributed by atoms with Gasteiger partial charge in [-0.15, -0.1) is 0 Å². The van der Waals surface area contributed by atoms with Crippen LogP contribution in [-0.4, -0.2) is 38.5 Å². The molecule has 1 atom stereocenters. The van der Waals surface area contributed by atoms with Gasteiger partial charge in [0.1, 0.15) is 5.75 Å². The van der Waals surface area contributed by atoms with Crippen molar-refractivity contribution in [1.29, 1.82) is 0 Å². The van der Waals surface area contributed by atoms with Crippen LogP contribution in [0.2, 0.25) is 0 Å². The monoisotopic (exact) mass is 443 g/mol. The zero-order chi connectivity index (χ0) is 22.0. The standard InChI is InChI=1S/C21H17NO6S2/c1-11-6-7-14(20(26)27)10-16(11)22-18(23)17(30-21(22)29)9-13-4-3-5-15(8-13)28-12(2)19(24)25/h3-10,12H,1-2H3,(H,24,25)(H,26,27)/b17-9-. The molecule has 0 bridgehead atoms. The molecule has 2 aromatic rings. The van der Waals surface area contributed by atoms with Gasteiger partial charge in [-0.3, -0.25) is 9.69 Å². The Kier molecular flexibility index (Phi) is 6.23. The van der Waals surface area contributed by atoms with E-state index < -0.39 is 18.0 Å². The molecule has 9 heteroatoms. The van der Waals surface area contributed by atoms with Crippen molar-refractivity contribution in [3.63, 3.8) is 0 Å². The van der Waals surface area contributed by atoms with Crippen molar-refractivity contribution < 1.29 is 29.3 Å². The lowest BCUT2D eigenvalue weighted by molar-refractivity contribution is -0.144. The van der Waals surface area contributed by atoms with Crippen molar-refractivity contribution >= 4 is 57.9 Å². The van der Waals surface area contributed by atoms with Crippen molar-refractivity contribution in [3.8, 4) is 5.75 Å². The molecule has 0 spiro atoms. The van der Waals surface area contributed by atoms with Crippen LogP contribution in [0.25, 0.3) is 6.08 Å². The molecule has 0 saturated carbocycles. The summed E-state index contributed by atoms with van der Waals surface area (Å²) in [7, 11) is 0. The van der Waals surface area contributed by atoms with Crippen molar-refractivity contribution in [2.45, 2.75) is 20.0 Å². The smallest absolute Gasteiger partial charge is 0.344 e. The van der Waals surface area contributed by atoms with Crippen LogP contribution >= 0.6 is 24.0 Å². The van der Waals surface area contributed by atoms with E-state index in [2.05, 4.69) is 0 Å². The second-order valence-electron chi connectivity index (χ2n) is 6.49. The molecule has 3 rings (SSSR count). The third kappa shape index (κ3) is 4.52. The molecular weight excluding hydrogens is 426 g/mol. The average molecular weight is 444 g/mol. The van der Waals surface area contributed by atoms with Crippen LogP contribution in [0, 0.1) is 6.92 Å². The fourth-order valence-corrected chi connectivity index (χ4v) is 4.03. The number of hydrogen-bond donors (Lipinski definition) is 2. The van der Waals surface area contributed by atoms with E-state index in [9.17, 15) is 19.5 Å². The Balaban J connectivity index is 1.90. The summed E-state index contributed by atoms with van der Waals surface area (Å²) in [6.45, 7) is 3.20. The van der Waals surface area contributed by atoms with Crippen molar-refractivity contribution in [3.05, 3.63) is 64.1 Å². The number of aliphatic carboxylic acids is 1. The number of carbonyl (C=O) groups is 3. The number of ether oxygens (including phenoxy) is 1. The maximum atomic E-state index is 13.0. The summed E-state index contributed by atoms with van der Waals surface area (Å²) in [6, 6.07) is 11.2. The van der Waals surface area contributed by atoms with Gasteiger partial charge < -0.3 is 14.9 Å². The Labute approximate surface area is 182 Å². The fraction of sp³-hybridized carbons (Fsp3) is 0.143. The summed E-state index contributed by atoms with van der Waals surface area (Å²) >= 11 is 6.47. The van der Waals surface area contributed by atoms with E-state index in [0.717, 1.165) is 17.3 Å². The average Bonchev–Trinajstić information content (AvgIpc) is 2.95. The first kappa shape index (κ1) is 21.5. The van der Waals surface area contributed by atoms with Gasteiger partial charge in [-0.05, 0) is 55.3 Å². The Hall–Kier alpha value is -3.17. The second-order valence-corrected chi connectivity index (χ2v) is 8.17. The van der Waals surface area contributed by atoms with Crippen molar-refractivity contribution in [2.24, 2.45) is 0 Å². The van der Waals surface area contributed by atoms with Crippen LogP contribution in [0.3, 0.4) is 0 Å². The van der Waals surface area contributed by atoms with Gasteiger partial charge in [0.25, 0.3) is 5.91 Å². The van der Waals surface area contributed by atoms with Gasteiger partial charge in [-0.2, -0.15) is 0 Å². The predicted molar refractivity (Wildman–Crippen MR) is 118 cm³/mol. The summed E-state index contributed by atoms with van der Waals surface area (Å²) in [5.41, 5.74) is 1.84. The topological polar surface area (TPSA) is 104 Å². The number of thioether (sulfide) groups is 1. The minimum absolute atomic E-state index is 0.0611. The fourth-order valence-electron chi connectivity index (χ4n) is 2.74. The number of rotatable bonds is 6. The van der Waals surface area contributed by atoms with Gasteiger partial charge in [0.05, 0.1) is 16.2 Å². The van der Waals surface area contributed by atoms with Gasteiger partial charge in [-0.1, -0.05) is 42.2 Å². The maximum absolute atomic E-state index is 13.0. The molecule has 7 nitrogen and oxygen atoms in total. The number of carboxylic acid groups (broad SMARTS) is 2. The largest absolute Gasteiger partial charge is 0.479 e. The summed E-state index contributed by atoms with van der Waals surface area (Å²) in [6.07, 6.45) is 0.622. The van der Waals surface area contributed by atoms with E-state index in [1.54, 1.807) is 43.3 Å². The summed E-state index contributed by atoms with van der Waals surface area (Å²) in [5.74, 6) is -2.18.